The molecule has 0 atom stereocenters. The molecule has 36 heavy (non-hydrogen) atoms. The molecule has 1 N–H and O–H groups in total. The second-order valence-corrected chi connectivity index (χ2v) is 10.7. The molecule has 0 spiro atoms. The van der Waals surface area contributed by atoms with Gasteiger partial charge in [0.15, 0.2) is 21.4 Å². The van der Waals surface area contributed by atoms with Gasteiger partial charge in [-0.25, -0.2) is 18.4 Å². The van der Waals surface area contributed by atoms with E-state index in [0.717, 1.165) is 25.7 Å². The third kappa shape index (κ3) is 7.31. The molecule has 0 bridgehead atoms. The molecule has 2 amide bonds. The van der Waals surface area contributed by atoms with E-state index in [0.29, 0.717) is 18.6 Å². The Morgan fingerprint density at radius 3 is 2.39 bits per heavy atom. The Balaban J connectivity index is 1.80. The quantitative estimate of drug-likeness (QED) is 0.272. The maximum absolute atomic E-state index is 13.1. The zero-order valence-corrected chi connectivity index (χ0v) is 21.5. The second kappa shape index (κ2) is 12.5. The summed E-state index contributed by atoms with van der Waals surface area (Å²) >= 11 is 0. The van der Waals surface area contributed by atoms with Gasteiger partial charge in [-0.15, -0.1) is 0 Å². The normalized spacial score (nSPS) is 14.5. The van der Waals surface area contributed by atoms with E-state index in [1.807, 2.05) is 0 Å². The number of nitrogens with zero attached hydrogens (tertiary/aromatic N) is 4. The molecular weight excluding hydrogens is 486 g/mol. The number of methoxy groups -OCH3 is 1. The van der Waals surface area contributed by atoms with E-state index >= 15 is 0 Å². The number of rotatable bonds is 11. The lowest BCUT2D eigenvalue weighted by Crippen LogP contribution is -2.26. The van der Waals surface area contributed by atoms with Gasteiger partial charge in [-0.05, 0) is 44.2 Å². The summed E-state index contributed by atoms with van der Waals surface area (Å²) < 4.78 is 30.0. The predicted octanol–water partition coefficient (Wildman–Crippen LogP) is 2.29. The van der Waals surface area contributed by atoms with Gasteiger partial charge in [0, 0.05) is 33.4 Å². The first kappa shape index (κ1) is 27.2. The first-order chi connectivity index (χ1) is 17.2. The Morgan fingerprint density at radius 2 is 1.81 bits per heavy atom. The van der Waals surface area contributed by atoms with Crippen molar-refractivity contribution in [3.8, 4) is 0 Å². The van der Waals surface area contributed by atoms with Crippen LogP contribution >= 0.6 is 0 Å². The summed E-state index contributed by atoms with van der Waals surface area (Å²) in [5.41, 5.74) is 0.493. The first-order valence-corrected chi connectivity index (χ1v) is 13.3. The molecule has 1 aliphatic rings. The maximum Gasteiger partial charge on any atom is 0.279 e. The van der Waals surface area contributed by atoms with Gasteiger partial charge in [0.1, 0.15) is 11.8 Å². The van der Waals surface area contributed by atoms with Crippen molar-refractivity contribution in [2.24, 2.45) is 5.16 Å². The lowest BCUT2D eigenvalue weighted by molar-refractivity contribution is -0.110. The van der Waals surface area contributed by atoms with Crippen LogP contribution in [0.3, 0.4) is 0 Å². The average Bonchev–Trinajstić information content (AvgIpc) is 3.38. The van der Waals surface area contributed by atoms with E-state index in [4.69, 9.17) is 9.57 Å². The average molecular weight is 518 g/mol. The van der Waals surface area contributed by atoms with Crippen LogP contribution in [0.2, 0.25) is 0 Å². The number of hydrogen-bond donors (Lipinski definition) is 1. The van der Waals surface area contributed by atoms with Gasteiger partial charge < -0.3 is 19.8 Å². The van der Waals surface area contributed by atoms with Gasteiger partial charge >= 0.3 is 0 Å². The first-order valence-electron chi connectivity index (χ1n) is 11.6. The molecule has 1 saturated carbocycles. The number of carbonyl (C=O) groups is 2. The summed E-state index contributed by atoms with van der Waals surface area (Å²) in [4.78, 5) is 40.4. The summed E-state index contributed by atoms with van der Waals surface area (Å²) in [5.74, 6) is -0.840. The zero-order chi connectivity index (χ0) is 26.1. The van der Waals surface area contributed by atoms with Crippen molar-refractivity contribution in [2.45, 2.75) is 43.1 Å². The Labute approximate surface area is 210 Å². The minimum Gasteiger partial charge on any atom is -0.392 e. The molecule has 194 valence electrons. The van der Waals surface area contributed by atoms with Gasteiger partial charge in [-0.3, -0.25) is 9.59 Å². The van der Waals surface area contributed by atoms with Gasteiger partial charge in [-0.2, -0.15) is 0 Å². The van der Waals surface area contributed by atoms with Crippen LogP contribution in [0.5, 0.6) is 0 Å². The fourth-order valence-corrected chi connectivity index (χ4v) is 4.87. The van der Waals surface area contributed by atoms with Crippen LogP contribution in [0.25, 0.3) is 0 Å². The van der Waals surface area contributed by atoms with Crippen molar-refractivity contribution in [1.82, 2.24) is 14.9 Å². The number of carbonyl (C=O) groups excluding carboxylic acids is 2. The molecular formula is C24H31N5O6S. The van der Waals surface area contributed by atoms with Crippen LogP contribution in [0.4, 0.5) is 5.82 Å². The fraction of sp³-hybridized carbons (Fsp3) is 0.458. The van der Waals surface area contributed by atoms with Gasteiger partial charge in [0.05, 0.1) is 23.0 Å². The summed E-state index contributed by atoms with van der Waals surface area (Å²) in [7, 11) is 1.23. The van der Waals surface area contributed by atoms with Crippen LogP contribution in [0, 0.1) is 0 Å². The summed E-state index contributed by atoms with van der Waals surface area (Å²) in [6, 6.07) is 5.92. The minimum absolute atomic E-state index is 0.0273. The van der Waals surface area contributed by atoms with Crippen LogP contribution in [-0.2, 0) is 24.2 Å². The number of benzene rings is 1. The van der Waals surface area contributed by atoms with E-state index in [1.54, 1.807) is 14.1 Å². The summed E-state index contributed by atoms with van der Waals surface area (Å²) in [6.07, 6.45) is 6.62. The largest absolute Gasteiger partial charge is 0.392 e. The van der Waals surface area contributed by atoms with Gasteiger partial charge in [0.25, 0.3) is 11.8 Å². The highest BCUT2D eigenvalue weighted by atomic mass is 32.2. The number of oxime groups is 1. The fourth-order valence-electron chi connectivity index (χ4n) is 3.59. The van der Waals surface area contributed by atoms with E-state index < -0.39 is 15.7 Å². The van der Waals surface area contributed by atoms with Crippen LogP contribution < -0.4 is 5.32 Å². The molecule has 0 unspecified atom stereocenters. The SMILES string of the molecule is COCCCS(=O)(=O)c1ccc(/C(=N\OC2CCCC2)C(=O)Nc2cnc(C(=O)N(C)C)cn2)cc1. The van der Waals surface area contributed by atoms with E-state index in [-0.39, 0.29) is 39.9 Å². The molecule has 3 rings (SSSR count). The molecule has 1 aliphatic carbocycles. The van der Waals surface area contributed by atoms with Crippen molar-refractivity contribution < 1.29 is 27.6 Å². The number of anilines is 1. The Kier molecular flexibility index (Phi) is 9.48. The highest BCUT2D eigenvalue weighted by molar-refractivity contribution is 7.91. The van der Waals surface area contributed by atoms with Crippen molar-refractivity contribution in [2.75, 3.05) is 38.9 Å². The standard InChI is InChI=1S/C24H31N5O6S/c1-29(2)24(31)20-15-26-21(16-25-20)27-23(30)22(28-35-18-7-4-5-8-18)17-9-11-19(12-10-17)36(32,33)14-6-13-34-3/h9-12,15-16,18H,4-8,13-14H2,1-3H3,(H,26,27,30)/b28-22+. The van der Waals surface area contributed by atoms with E-state index in [2.05, 4.69) is 20.4 Å². The summed E-state index contributed by atoms with van der Waals surface area (Å²) in [6.45, 7) is 0.347. The molecule has 11 nitrogen and oxygen atoms in total. The van der Waals surface area contributed by atoms with Gasteiger partial charge in [0.2, 0.25) is 0 Å². The Bertz CT molecular complexity index is 1170. The number of sulfone groups is 1. The molecule has 1 aromatic heterocycles. The van der Waals surface area contributed by atoms with Crippen LogP contribution in [-0.4, -0.2) is 80.5 Å². The van der Waals surface area contributed by atoms with Crippen molar-refractivity contribution in [3.63, 3.8) is 0 Å². The monoisotopic (exact) mass is 517 g/mol. The topological polar surface area (TPSA) is 140 Å². The Hall–Kier alpha value is -3.38. The number of ether oxygens (including phenoxy) is 1. The van der Waals surface area contributed by atoms with Crippen molar-refractivity contribution >= 4 is 33.2 Å². The maximum atomic E-state index is 13.1. The van der Waals surface area contributed by atoms with E-state index in [1.165, 1.54) is 48.7 Å². The number of nitrogens with one attached hydrogen (secondary N) is 1. The molecule has 2 aromatic rings. The molecule has 1 aromatic carbocycles. The highest BCUT2D eigenvalue weighted by Gasteiger charge is 2.22. The Morgan fingerprint density at radius 1 is 1.11 bits per heavy atom. The number of aromatic nitrogens is 2. The van der Waals surface area contributed by atoms with Crippen LogP contribution in [0.15, 0.2) is 46.7 Å². The number of amides is 2. The minimum atomic E-state index is -3.49. The smallest absolute Gasteiger partial charge is 0.279 e. The highest BCUT2D eigenvalue weighted by Crippen LogP contribution is 2.22. The molecule has 1 fully saturated rings. The lowest BCUT2D eigenvalue weighted by Gasteiger charge is -2.12. The summed E-state index contributed by atoms with van der Waals surface area (Å²) in [5, 5.41) is 6.73. The van der Waals surface area contributed by atoms with E-state index in [9.17, 15) is 18.0 Å². The molecule has 0 saturated heterocycles. The molecule has 0 radical (unpaired) electrons. The molecule has 0 aliphatic heterocycles. The lowest BCUT2D eigenvalue weighted by atomic mass is 10.1. The van der Waals surface area contributed by atoms with Crippen LogP contribution in [0.1, 0.15) is 48.2 Å². The third-order valence-corrected chi connectivity index (χ3v) is 7.39. The molecule has 1 heterocycles. The number of hydrogen-bond acceptors (Lipinski definition) is 9. The van der Waals surface area contributed by atoms with Crippen molar-refractivity contribution in [1.29, 1.82) is 0 Å². The predicted molar refractivity (Wildman–Crippen MR) is 134 cm³/mol. The van der Waals surface area contributed by atoms with Crippen molar-refractivity contribution in [3.05, 3.63) is 47.9 Å². The molecule has 12 heteroatoms. The second-order valence-electron chi connectivity index (χ2n) is 8.58. The van der Waals surface area contributed by atoms with Gasteiger partial charge in [-0.1, -0.05) is 17.3 Å². The zero-order valence-electron chi connectivity index (χ0n) is 20.6. The third-order valence-electron chi connectivity index (χ3n) is 5.58.